The molecule has 0 saturated carbocycles. The SMILES string of the molecule is Cc1nc(CSCc2cccc(Br)c2)cs1. The molecule has 0 spiro atoms. The summed E-state index contributed by atoms with van der Waals surface area (Å²) in [5, 5.41) is 3.29. The Labute approximate surface area is 112 Å². The van der Waals surface area contributed by atoms with Gasteiger partial charge in [0.05, 0.1) is 10.7 Å². The van der Waals surface area contributed by atoms with Gasteiger partial charge in [-0.05, 0) is 24.6 Å². The van der Waals surface area contributed by atoms with Crippen molar-refractivity contribution in [3.8, 4) is 0 Å². The molecule has 0 aliphatic rings. The summed E-state index contributed by atoms with van der Waals surface area (Å²) in [5.74, 6) is 2.03. The van der Waals surface area contributed by atoms with E-state index in [0.717, 1.165) is 21.0 Å². The van der Waals surface area contributed by atoms with Gasteiger partial charge in [0, 0.05) is 21.4 Å². The Bertz CT molecular complexity index is 468. The highest BCUT2D eigenvalue weighted by molar-refractivity contribution is 9.10. The van der Waals surface area contributed by atoms with Crippen LogP contribution >= 0.6 is 39.0 Å². The Hall–Kier alpha value is -0.320. The second-order valence-electron chi connectivity index (χ2n) is 3.48. The van der Waals surface area contributed by atoms with E-state index >= 15 is 0 Å². The lowest BCUT2D eigenvalue weighted by Gasteiger charge is -2.00. The van der Waals surface area contributed by atoms with Gasteiger partial charge in [-0.1, -0.05) is 28.1 Å². The van der Waals surface area contributed by atoms with E-state index in [1.165, 1.54) is 11.3 Å². The number of benzene rings is 1. The fourth-order valence-corrected chi connectivity index (χ4v) is 3.41. The first-order valence-corrected chi connectivity index (χ1v) is 7.80. The first-order valence-electron chi connectivity index (χ1n) is 4.97. The molecule has 0 unspecified atom stereocenters. The third-order valence-electron chi connectivity index (χ3n) is 2.07. The minimum Gasteiger partial charge on any atom is -0.246 e. The molecule has 1 aromatic carbocycles. The van der Waals surface area contributed by atoms with Crippen LogP contribution in [0.4, 0.5) is 0 Å². The van der Waals surface area contributed by atoms with Crippen LogP contribution in [0.2, 0.25) is 0 Å². The van der Waals surface area contributed by atoms with E-state index in [4.69, 9.17) is 0 Å². The molecule has 0 atom stereocenters. The normalized spacial score (nSPS) is 10.6. The summed E-state index contributed by atoms with van der Waals surface area (Å²) >= 11 is 7.11. The Balaban J connectivity index is 1.84. The largest absolute Gasteiger partial charge is 0.246 e. The average molecular weight is 314 g/mol. The van der Waals surface area contributed by atoms with E-state index in [2.05, 4.69) is 50.6 Å². The smallest absolute Gasteiger partial charge is 0.0897 e. The van der Waals surface area contributed by atoms with Gasteiger partial charge in [0.15, 0.2) is 0 Å². The van der Waals surface area contributed by atoms with E-state index in [9.17, 15) is 0 Å². The van der Waals surface area contributed by atoms with E-state index in [1.54, 1.807) is 11.3 Å². The zero-order chi connectivity index (χ0) is 11.4. The van der Waals surface area contributed by atoms with Gasteiger partial charge in [0.25, 0.3) is 0 Å². The highest BCUT2D eigenvalue weighted by atomic mass is 79.9. The van der Waals surface area contributed by atoms with E-state index in [0.29, 0.717) is 0 Å². The second-order valence-corrected chi connectivity index (χ2v) is 6.44. The maximum Gasteiger partial charge on any atom is 0.0897 e. The third-order valence-corrected chi connectivity index (χ3v) is 4.43. The minimum atomic E-state index is 0.997. The van der Waals surface area contributed by atoms with E-state index in [-0.39, 0.29) is 0 Å². The lowest BCUT2D eigenvalue weighted by Crippen LogP contribution is -1.84. The molecular formula is C12H12BrNS2. The summed E-state index contributed by atoms with van der Waals surface area (Å²) in [5.41, 5.74) is 2.55. The molecule has 1 nitrogen and oxygen atoms in total. The second kappa shape index (κ2) is 5.84. The van der Waals surface area contributed by atoms with Crippen molar-refractivity contribution in [2.24, 2.45) is 0 Å². The van der Waals surface area contributed by atoms with Crippen LogP contribution in [0, 0.1) is 6.92 Å². The van der Waals surface area contributed by atoms with Crippen LogP contribution in [0.1, 0.15) is 16.3 Å². The summed E-state index contributed by atoms with van der Waals surface area (Å²) in [7, 11) is 0. The molecule has 0 amide bonds. The van der Waals surface area contributed by atoms with Gasteiger partial charge in [-0.3, -0.25) is 0 Å². The number of hydrogen-bond donors (Lipinski definition) is 0. The maximum atomic E-state index is 4.45. The van der Waals surface area contributed by atoms with Crippen LogP contribution in [-0.2, 0) is 11.5 Å². The number of nitrogens with zero attached hydrogens (tertiary/aromatic N) is 1. The summed E-state index contributed by atoms with van der Waals surface area (Å²) < 4.78 is 1.15. The Morgan fingerprint density at radius 3 is 2.94 bits per heavy atom. The first-order chi connectivity index (χ1) is 7.74. The number of thioether (sulfide) groups is 1. The summed E-state index contributed by atoms with van der Waals surface area (Å²) in [6, 6.07) is 8.45. The van der Waals surface area contributed by atoms with Crippen molar-refractivity contribution in [2.45, 2.75) is 18.4 Å². The zero-order valence-corrected chi connectivity index (χ0v) is 12.2. The standard InChI is InChI=1S/C12H12BrNS2/c1-9-14-12(8-16-9)7-15-6-10-3-2-4-11(13)5-10/h2-5,8H,6-7H2,1H3. The molecular weight excluding hydrogens is 302 g/mol. The van der Waals surface area contributed by atoms with Crippen molar-refractivity contribution in [2.75, 3.05) is 0 Å². The van der Waals surface area contributed by atoms with Crippen molar-refractivity contribution in [1.82, 2.24) is 4.98 Å². The number of halogens is 1. The van der Waals surface area contributed by atoms with Crippen LogP contribution in [0.15, 0.2) is 34.1 Å². The monoisotopic (exact) mass is 313 g/mol. The molecule has 84 valence electrons. The van der Waals surface area contributed by atoms with Gasteiger partial charge in [0.1, 0.15) is 0 Å². The lowest BCUT2D eigenvalue weighted by atomic mass is 10.2. The van der Waals surface area contributed by atoms with Gasteiger partial charge in [-0.15, -0.1) is 11.3 Å². The fourth-order valence-electron chi connectivity index (χ4n) is 1.37. The lowest BCUT2D eigenvalue weighted by molar-refractivity contribution is 1.18. The molecule has 2 rings (SSSR count). The molecule has 0 aliphatic carbocycles. The molecule has 1 aromatic heterocycles. The van der Waals surface area contributed by atoms with Crippen molar-refractivity contribution in [3.05, 3.63) is 50.4 Å². The third kappa shape index (κ3) is 3.61. The molecule has 0 bridgehead atoms. The van der Waals surface area contributed by atoms with Gasteiger partial charge >= 0.3 is 0 Å². The van der Waals surface area contributed by atoms with Crippen molar-refractivity contribution in [1.29, 1.82) is 0 Å². The number of hydrogen-bond acceptors (Lipinski definition) is 3. The molecule has 16 heavy (non-hydrogen) atoms. The summed E-state index contributed by atoms with van der Waals surface area (Å²) in [4.78, 5) is 4.45. The Morgan fingerprint density at radius 2 is 2.25 bits per heavy atom. The number of aryl methyl sites for hydroxylation is 1. The topological polar surface area (TPSA) is 12.9 Å². The highest BCUT2D eigenvalue weighted by Gasteiger charge is 1.99. The van der Waals surface area contributed by atoms with Gasteiger partial charge < -0.3 is 0 Å². The quantitative estimate of drug-likeness (QED) is 0.815. The van der Waals surface area contributed by atoms with Crippen LogP contribution in [0.25, 0.3) is 0 Å². The predicted molar refractivity (Wildman–Crippen MR) is 76.0 cm³/mol. The molecule has 4 heteroatoms. The zero-order valence-electron chi connectivity index (χ0n) is 8.94. The van der Waals surface area contributed by atoms with Crippen molar-refractivity contribution < 1.29 is 0 Å². The number of thiazole rings is 1. The summed E-state index contributed by atoms with van der Waals surface area (Å²) in [6.07, 6.45) is 0. The van der Waals surface area contributed by atoms with Crippen molar-refractivity contribution >= 4 is 39.0 Å². The average Bonchev–Trinajstić information content (AvgIpc) is 2.64. The fraction of sp³-hybridized carbons (Fsp3) is 0.250. The first kappa shape index (κ1) is 12.1. The molecule has 0 radical (unpaired) electrons. The van der Waals surface area contributed by atoms with E-state index < -0.39 is 0 Å². The number of aromatic nitrogens is 1. The van der Waals surface area contributed by atoms with Gasteiger partial charge in [0.2, 0.25) is 0 Å². The molecule has 2 aromatic rings. The van der Waals surface area contributed by atoms with Crippen LogP contribution in [-0.4, -0.2) is 4.98 Å². The summed E-state index contributed by atoms with van der Waals surface area (Å²) in [6.45, 7) is 2.05. The Morgan fingerprint density at radius 1 is 1.38 bits per heavy atom. The molecule has 1 heterocycles. The Kier molecular flexibility index (Phi) is 4.44. The van der Waals surface area contributed by atoms with Gasteiger partial charge in [-0.2, -0.15) is 11.8 Å². The molecule has 0 fully saturated rings. The highest BCUT2D eigenvalue weighted by Crippen LogP contribution is 2.21. The molecule has 0 aliphatic heterocycles. The molecule has 0 saturated heterocycles. The number of rotatable bonds is 4. The van der Waals surface area contributed by atoms with Gasteiger partial charge in [-0.25, -0.2) is 4.98 Å². The maximum absolute atomic E-state index is 4.45. The van der Waals surface area contributed by atoms with E-state index in [1.807, 2.05) is 18.7 Å². The van der Waals surface area contributed by atoms with Crippen LogP contribution < -0.4 is 0 Å². The van der Waals surface area contributed by atoms with Crippen LogP contribution in [0.3, 0.4) is 0 Å². The predicted octanol–water partition coefficient (Wildman–Crippen LogP) is 4.65. The van der Waals surface area contributed by atoms with Crippen LogP contribution in [0.5, 0.6) is 0 Å². The van der Waals surface area contributed by atoms with Crippen molar-refractivity contribution in [3.63, 3.8) is 0 Å². The molecule has 0 N–H and O–H groups in total. The minimum absolute atomic E-state index is 0.997.